The van der Waals surface area contributed by atoms with Gasteiger partial charge in [0.25, 0.3) is 0 Å². The van der Waals surface area contributed by atoms with E-state index in [-0.39, 0.29) is 5.54 Å². The highest BCUT2D eigenvalue weighted by atomic mass is 16.5. The lowest BCUT2D eigenvalue weighted by Gasteiger charge is -2.21. The zero-order valence-corrected chi connectivity index (χ0v) is 11.8. The molecule has 0 fully saturated rings. The summed E-state index contributed by atoms with van der Waals surface area (Å²) < 4.78 is 5.70. The van der Waals surface area contributed by atoms with Gasteiger partial charge in [0.2, 0.25) is 11.8 Å². The summed E-state index contributed by atoms with van der Waals surface area (Å²) in [6.45, 7) is 9.01. The van der Waals surface area contributed by atoms with Crippen molar-refractivity contribution in [1.29, 1.82) is 0 Å². The second kappa shape index (κ2) is 5.40. The minimum absolute atomic E-state index is 0.0516. The Morgan fingerprint density at radius 3 is 2.79 bits per heavy atom. The van der Waals surface area contributed by atoms with Crippen LogP contribution in [0.3, 0.4) is 0 Å². The molecule has 0 atom stereocenters. The van der Waals surface area contributed by atoms with E-state index >= 15 is 0 Å². The topological polar surface area (TPSA) is 62.8 Å². The Kier molecular flexibility index (Phi) is 3.85. The van der Waals surface area contributed by atoms with Gasteiger partial charge in [-0.1, -0.05) is 6.07 Å². The second-order valence-electron chi connectivity index (χ2n) is 5.56. The van der Waals surface area contributed by atoms with Crippen LogP contribution >= 0.6 is 0 Å². The molecule has 0 aromatic carbocycles. The summed E-state index contributed by atoms with van der Waals surface area (Å²) in [4.78, 5) is 4.27. The molecule has 2 N–H and O–H groups in total. The molecule has 0 saturated carbocycles. The number of hydrogen-bond acceptors (Lipinski definition) is 4. The summed E-state index contributed by atoms with van der Waals surface area (Å²) in [6, 6.07) is 5.75. The molecule has 0 saturated heterocycles. The SMILES string of the molecule is Cc1cc(Oc2ncccc2CNC(C)(C)C)n[nH]1. The molecule has 2 heterocycles. The smallest absolute Gasteiger partial charge is 0.240 e. The molecule has 5 nitrogen and oxygen atoms in total. The Labute approximate surface area is 113 Å². The molecule has 0 aliphatic carbocycles. The fourth-order valence-electron chi connectivity index (χ4n) is 1.56. The van der Waals surface area contributed by atoms with Gasteiger partial charge in [-0.2, -0.15) is 0 Å². The summed E-state index contributed by atoms with van der Waals surface area (Å²) in [5.74, 6) is 1.12. The van der Waals surface area contributed by atoms with Gasteiger partial charge in [0.15, 0.2) is 0 Å². The summed E-state index contributed by atoms with van der Waals surface area (Å²) in [7, 11) is 0. The summed E-state index contributed by atoms with van der Waals surface area (Å²) in [6.07, 6.45) is 1.72. The number of nitrogens with zero attached hydrogens (tertiary/aromatic N) is 2. The van der Waals surface area contributed by atoms with Crippen molar-refractivity contribution in [2.45, 2.75) is 39.8 Å². The van der Waals surface area contributed by atoms with Gasteiger partial charge in [0.1, 0.15) is 0 Å². The van der Waals surface area contributed by atoms with Crippen LogP contribution in [0.5, 0.6) is 11.8 Å². The van der Waals surface area contributed by atoms with Gasteiger partial charge in [0.05, 0.1) is 0 Å². The lowest BCUT2D eigenvalue weighted by atomic mass is 10.1. The minimum atomic E-state index is 0.0516. The molecule has 5 heteroatoms. The van der Waals surface area contributed by atoms with Crippen molar-refractivity contribution in [2.24, 2.45) is 0 Å². The lowest BCUT2D eigenvalue weighted by Crippen LogP contribution is -2.35. The molecule has 0 aliphatic heterocycles. The number of H-pyrrole nitrogens is 1. The van der Waals surface area contributed by atoms with Crippen LogP contribution in [0.1, 0.15) is 32.0 Å². The minimum Gasteiger partial charge on any atom is -0.419 e. The van der Waals surface area contributed by atoms with Gasteiger partial charge in [-0.3, -0.25) is 5.10 Å². The largest absolute Gasteiger partial charge is 0.419 e. The molecule has 0 amide bonds. The maximum Gasteiger partial charge on any atom is 0.240 e. The highest BCUT2D eigenvalue weighted by molar-refractivity contribution is 5.29. The number of nitrogens with one attached hydrogen (secondary N) is 2. The van der Waals surface area contributed by atoms with Gasteiger partial charge < -0.3 is 10.1 Å². The Hall–Kier alpha value is -1.88. The van der Waals surface area contributed by atoms with E-state index < -0.39 is 0 Å². The quantitative estimate of drug-likeness (QED) is 0.887. The van der Waals surface area contributed by atoms with Crippen LogP contribution in [0.2, 0.25) is 0 Å². The van der Waals surface area contributed by atoms with Crippen LogP contribution in [0, 0.1) is 6.92 Å². The van der Waals surface area contributed by atoms with Gasteiger partial charge in [0, 0.05) is 35.6 Å². The van der Waals surface area contributed by atoms with Gasteiger partial charge in [-0.15, -0.1) is 5.10 Å². The monoisotopic (exact) mass is 260 g/mol. The molecule has 2 rings (SSSR count). The average molecular weight is 260 g/mol. The molecule has 2 aromatic heterocycles. The van der Waals surface area contributed by atoms with Crippen LogP contribution in [-0.4, -0.2) is 20.7 Å². The van der Waals surface area contributed by atoms with Crippen LogP contribution in [0.4, 0.5) is 0 Å². The van der Waals surface area contributed by atoms with Crippen molar-refractivity contribution in [2.75, 3.05) is 0 Å². The van der Waals surface area contributed by atoms with E-state index in [1.807, 2.05) is 25.1 Å². The second-order valence-corrected chi connectivity index (χ2v) is 5.56. The highest BCUT2D eigenvalue weighted by Crippen LogP contribution is 2.21. The third kappa shape index (κ3) is 4.06. The van der Waals surface area contributed by atoms with Crippen molar-refractivity contribution in [3.8, 4) is 11.8 Å². The Balaban J connectivity index is 2.12. The first kappa shape index (κ1) is 13.5. The number of hydrogen-bond donors (Lipinski definition) is 2. The van der Waals surface area contributed by atoms with E-state index in [1.54, 1.807) is 6.20 Å². The van der Waals surface area contributed by atoms with Crippen molar-refractivity contribution < 1.29 is 4.74 Å². The molecular weight excluding hydrogens is 240 g/mol. The van der Waals surface area contributed by atoms with E-state index in [0.29, 0.717) is 18.3 Å². The van der Waals surface area contributed by atoms with E-state index in [4.69, 9.17) is 4.74 Å². The van der Waals surface area contributed by atoms with Crippen LogP contribution in [0.15, 0.2) is 24.4 Å². The van der Waals surface area contributed by atoms with E-state index in [1.165, 1.54) is 0 Å². The van der Waals surface area contributed by atoms with Crippen LogP contribution in [0.25, 0.3) is 0 Å². The molecule has 19 heavy (non-hydrogen) atoms. The predicted octanol–water partition coefficient (Wildman–Crippen LogP) is 2.79. The Bertz CT molecular complexity index is 542. The predicted molar refractivity (Wildman–Crippen MR) is 74.2 cm³/mol. The maximum atomic E-state index is 5.70. The summed E-state index contributed by atoms with van der Waals surface area (Å²) in [5.41, 5.74) is 2.02. The molecule has 0 aliphatic rings. The zero-order valence-electron chi connectivity index (χ0n) is 11.8. The molecule has 102 valence electrons. The fourth-order valence-corrected chi connectivity index (χ4v) is 1.56. The first-order valence-electron chi connectivity index (χ1n) is 6.33. The lowest BCUT2D eigenvalue weighted by molar-refractivity contribution is 0.404. The van der Waals surface area contributed by atoms with E-state index in [9.17, 15) is 0 Å². The highest BCUT2D eigenvalue weighted by Gasteiger charge is 2.12. The normalized spacial score (nSPS) is 11.6. The number of pyridine rings is 1. The van der Waals surface area contributed by atoms with Gasteiger partial charge >= 0.3 is 0 Å². The zero-order chi connectivity index (χ0) is 13.9. The van der Waals surface area contributed by atoms with Gasteiger partial charge in [-0.25, -0.2) is 4.98 Å². The number of aromatic nitrogens is 3. The standard InChI is InChI=1S/C14H20N4O/c1-10-8-12(18-17-10)19-13-11(6-5-7-15-13)9-16-14(2,3)4/h5-8,16H,9H2,1-4H3,(H,17,18). The average Bonchev–Trinajstić information content (AvgIpc) is 2.73. The Morgan fingerprint density at radius 1 is 1.37 bits per heavy atom. The molecule has 2 aromatic rings. The van der Waals surface area contributed by atoms with Crippen molar-refractivity contribution >= 4 is 0 Å². The van der Waals surface area contributed by atoms with Crippen molar-refractivity contribution in [3.05, 3.63) is 35.7 Å². The third-order valence-electron chi connectivity index (χ3n) is 2.54. The molecule has 0 unspecified atom stereocenters. The molecular formula is C14H20N4O. The van der Waals surface area contributed by atoms with Crippen LogP contribution in [-0.2, 0) is 6.54 Å². The van der Waals surface area contributed by atoms with Crippen molar-refractivity contribution in [1.82, 2.24) is 20.5 Å². The van der Waals surface area contributed by atoms with Crippen molar-refractivity contribution in [3.63, 3.8) is 0 Å². The summed E-state index contributed by atoms with van der Waals surface area (Å²) >= 11 is 0. The Morgan fingerprint density at radius 2 is 2.16 bits per heavy atom. The number of rotatable bonds is 4. The molecule has 0 radical (unpaired) electrons. The first-order valence-corrected chi connectivity index (χ1v) is 6.33. The maximum absolute atomic E-state index is 5.70. The van der Waals surface area contributed by atoms with Gasteiger partial charge in [-0.05, 0) is 33.8 Å². The number of aryl methyl sites for hydroxylation is 1. The van der Waals surface area contributed by atoms with E-state index in [0.717, 1.165) is 11.3 Å². The van der Waals surface area contributed by atoms with Crippen LogP contribution < -0.4 is 10.1 Å². The number of ether oxygens (including phenoxy) is 1. The molecule has 0 bridgehead atoms. The van der Waals surface area contributed by atoms with E-state index in [2.05, 4.69) is 41.3 Å². The first-order chi connectivity index (χ1) is 8.94. The number of aromatic amines is 1. The summed E-state index contributed by atoms with van der Waals surface area (Å²) in [5, 5.41) is 10.3. The molecule has 0 spiro atoms. The fraction of sp³-hybridized carbons (Fsp3) is 0.429. The third-order valence-corrected chi connectivity index (χ3v) is 2.54.